The molecule has 0 bridgehead atoms. The number of aromatic nitrogens is 2. The molecule has 4 nitrogen and oxygen atoms in total. The molecule has 0 aromatic carbocycles. The lowest BCUT2D eigenvalue weighted by Gasteiger charge is -2.23. The quantitative estimate of drug-likeness (QED) is 0.836. The van der Waals surface area contributed by atoms with Gasteiger partial charge in [-0.2, -0.15) is 0 Å². The molecule has 0 aliphatic heterocycles. The van der Waals surface area contributed by atoms with Crippen LogP contribution in [0.1, 0.15) is 13.8 Å². The summed E-state index contributed by atoms with van der Waals surface area (Å²) in [6.45, 7) is 6.75. The number of nitrogens with zero attached hydrogens (tertiary/aromatic N) is 3. The van der Waals surface area contributed by atoms with E-state index in [1.165, 1.54) is 0 Å². The molecule has 15 heavy (non-hydrogen) atoms. The van der Waals surface area contributed by atoms with Crippen LogP contribution in [0.3, 0.4) is 0 Å². The highest BCUT2D eigenvalue weighted by molar-refractivity contribution is 14.1. The van der Waals surface area contributed by atoms with E-state index in [0.29, 0.717) is 12.5 Å². The van der Waals surface area contributed by atoms with Gasteiger partial charge in [0.1, 0.15) is 0 Å². The summed E-state index contributed by atoms with van der Waals surface area (Å²) in [4.78, 5) is 10.8. The predicted molar refractivity (Wildman–Crippen MR) is 70.9 cm³/mol. The third-order valence-electron chi connectivity index (χ3n) is 2.21. The van der Waals surface area contributed by atoms with Gasteiger partial charge in [0.2, 0.25) is 5.95 Å². The second-order valence-electron chi connectivity index (χ2n) is 3.58. The lowest BCUT2D eigenvalue weighted by Crippen LogP contribution is -2.32. The van der Waals surface area contributed by atoms with Crippen LogP contribution in [-0.2, 0) is 0 Å². The van der Waals surface area contributed by atoms with Crippen LogP contribution in [0.4, 0.5) is 5.95 Å². The van der Waals surface area contributed by atoms with Crippen molar-refractivity contribution < 1.29 is 0 Å². The Kier molecular flexibility index (Phi) is 5.24. The molecule has 0 amide bonds. The lowest BCUT2D eigenvalue weighted by molar-refractivity contribution is 0.569. The number of hydrogen-bond acceptors (Lipinski definition) is 4. The Bertz CT molecular complexity index is 288. The fraction of sp³-hybridized carbons (Fsp3) is 0.600. The van der Waals surface area contributed by atoms with Gasteiger partial charge in [-0.1, -0.05) is 6.92 Å². The molecule has 1 rings (SSSR count). The molecule has 5 heteroatoms. The van der Waals surface area contributed by atoms with Crippen LogP contribution in [0.2, 0.25) is 0 Å². The number of nitrogens with two attached hydrogens (primary N) is 1. The highest BCUT2D eigenvalue weighted by Crippen LogP contribution is 2.10. The van der Waals surface area contributed by atoms with Crippen molar-refractivity contribution in [1.82, 2.24) is 9.97 Å². The van der Waals surface area contributed by atoms with E-state index in [1.807, 2.05) is 12.4 Å². The molecule has 0 saturated heterocycles. The maximum atomic E-state index is 5.61. The molecule has 1 aromatic rings. The second kappa shape index (κ2) is 6.22. The smallest absolute Gasteiger partial charge is 0.225 e. The summed E-state index contributed by atoms with van der Waals surface area (Å²) in [5, 5.41) is 0. The van der Waals surface area contributed by atoms with E-state index in [4.69, 9.17) is 5.73 Å². The van der Waals surface area contributed by atoms with Gasteiger partial charge in [-0.15, -0.1) is 0 Å². The Labute approximate surface area is 104 Å². The minimum atomic E-state index is 0.466. The molecule has 0 spiro atoms. The van der Waals surface area contributed by atoms with E-state index in [2.05, 4.69) is 51.3 Å². The van der Waals surface area contributed by atoms with Crippen molar-refractivity contribution in [2.45, 2.75) is 13.8 Å². The summed E-state index contributed by atoms with van der Waals surface area (Å²) in [7, 11) is 0. The van der Waals surface area contributed by atoms with Gasteiger partial charge in [0.15, 0.2) is 0 Å². The Hall–Kier alpha value is -0.430. The van der Waals surface area contributed by atoms with E-state index in [-0.39, 0.29) is 0 Å². The zero-order valence-corrected chi connectivity index (χ0v) is 11.3. The van der Waals surface area contributed by atoms with Crippen LogP contribution in [0, 0.1) is 9.49 Å². The molecule has 1 heterocycles. The predicted octanol–water partition coefficient (Wildman–Crippen LogP) is 1.50. The average Bonchev–Trinajstić information content (AvgIpc) is 2.27. The average molecular weight is 320 g/mol. The highest BCUT2D eigenvalue weighted by Gasteiger charge is 2.10. The SMILES string of the molecule is CCN(CC(C)CN)c1ncc(I)cn1. The van der Waals surface area contributed by atoms with Crippen molar-refractivity contribution in [3.8, 4) is 0 Å². The molecular weight excluding hydrogens is 303 g/mol. The van der Waals surface area contributed by atoms with Crippen molar-refractivity contribution in [3.05, 3.63) is 16.0 Å². The van der Waals surface area contributed by atoms with Crippen molar-refractivity contribution in [2.24, 2.45) is 11.7 Å². The van der Waals surface area contributed by atoms with Gasteiger partial charge in [0.25, 0.3) is 0 Å². The molecule has 0 aliphatic carbocycles. The molecule has 2 N–H and O–H groups in total. The second-order valence-corrected chi connectivity index (χ2v) is 4.83. The van der Waals surface area contributed by atoms with Gasteiger partial charge in [0, 0.05) is 29.1 Å². The van der Waals surface area contributed by atoms with Crippen molar-refractivity contribution >= 4 is 28.5 Å². The largest absolute Gasteiger partial charge is 0.341 e. The van der Waals surface area contributed by atoms with Gasteiger partial charge in [0.05, 0.1) is 0 Å². The zero-order chi connectivity index (χ0) is 11.3. The van der Waals surface area contributed by atoms with E-state index < -0.39 is 0 Å². The molecular formula is C10H17IN4. The van der Waals surface area contributed by atoms with E-state index in [0.717, 1.165) is 22.6 Å². The van der Waals surface area contributed by atoms with Gasteiger partial charge < -0.3 is 10.6 Å². The first kappa shape index (κ1) is 12.6. The molecule has 0 fully saturated rings. The zero-order valence-electron chi connectivity index (χ0n) is 9.15. The summed E-state index contributed by atoms with van der Waals surface area (Å²) in [6.07, 6.45) is 3.66. The first-order valence-corrected chi connectivity index (χ1v) is 6.17. The summed E-state index contributed by atoms with van der Waals surface area (Å²) >= 11 is 2.20. The third-order valence-corrected chi connectivity index (χ3v) is 2.76. The van der Waals surface area contributed by atoms with E-state index >= 15 is 0 Å². The third kappa shape index (κ3) is 3.90. The monoisotopic (exact) mass is 320 g/mol. The van der Waals surface area contributed by atoms with Crippen LogP contribution in [0.5, 0.6) is 0 Å². The van der Waals surface area contributed by atoms with Crippen LogP contribution >= 0.6 is 22.6 Å². The van der Waals surface area contributed by atoms with Crippen LogP contribution < -0.4 is 10.6 Å². The van der Waals surface area contributed by atoms with E-state index in [1.54, 1.807) is 0 Å². The van der Waals surface area contributed by atoms with Gasteiger partial charge in [-0.3, -0.25) is 0 Å². The van der Waals surface area contributed by atoms with Gasteiger partial charge >= 0.3 is 0 Å². The van der Waals surface area contributed by atoms with E-state index in [9.17, 15) is 0 Å². The minimum absolute atomic E-state index is 0.466. The summed E-state index contributed by atoms with van der Waals surface area (Å²) in [5.74, 6) is 1.26. The minimum Gasteiger partial charge on any atom is -0.341 e. The van der Waals surface area contributed by atoms with Crippen molar-refractivity contribution in [1.29, 1.82) is 0 Å². The standard InChI is InChI=1S/C10H17IN4/c1-3-15(7-8(2)4-12)10-13-5-9(11)6-14-10/h5-6,8H,3-4,7,12H2,1-2H3. The van der Waals surface area contributed by atoms with Crippen molar-refractivity contribution in [2.75, 3.05) is 24.5 Å². The Balaban J connectivity index is 2.69. The number of hydrogen-bond donors (Lipinski definition) is 1. The normalized spacial score (nSPS) is 12.5. The molecule has 1 unspecified atom stereocenters. The molecule has 0 radical (unpaired) electrons. The topological polar surface area (TPSA) is 55.0 Å². The lowest BCUT2D eigenvalue weighted by atomic mass is 10.2. The van der Waals surface area contributed by atoms with Crippen LogP contribution in [0.25, 0.3) is 0 Å². The highest BCUT2D eigenvalue weighted by atomic mass is 127. The Morgan fingerprint density at radius 2 is 2.07 bits per heavy atom. The maximum absolute atomic E-state index is 5.61. The Morgan fingerprint density at radius 1 is 1.47 bits per heavy atom. The fourth-order valence-electron chi connectivity index (χ4n) is 1.27. The van der Waals surface area contributed by atoms with Gasteiger partial charge in [-0.05, 0) is 42.0 Å². The molecule has 1 atom stereocenters. The van der Waals surface area contributed by atoms with Gasteiger partial charge in [-0.25, -0.2) is 9.97 Å². The number of halogens is 1. The summed E-state index contributed by atoms with van der Waals surface area (Å²) in [5.41, 5.74) is 5.61. The van der Waals surface area contributed by atoms with Crippen LogP contribution in [-0.4, -0.2) is 29.6 Å². The fourth-order valence-corrected chi connectivity index (χ4v) is 1.55. The first-order valence-electron chi connectivity index (χ1n) is 5.10. The summed E-state index contributed by atoms with van der Waals surface area (Å²) < 4.78 is 1.05. The molecule has 0 saturated carbocycles. The number of anilines is 1. The molecule has 0 aliphatic rings. The van der Waals surface area contributed by atoms with Crippen molar-refractivity contribution in [3.63, 3.8) is 0 Å². The molecule has 1 aromatic heterocycles. The first-order chi connectivity index (χ1) is 7.17. The Morgan fingerprint density at radius 3 is 2.53 bits per heavy atom. The molecule has 84 valence electrons. The maximum Gasteiger partial charge on any atom is 0.225 e. The number of rotatable bonds is 5. The van der Waals surface area contributed by atoms with Crippen LogP contribution in [0.15, 0.2) is 12.4 Å². The summed E-state index contributed by atoms with van der Waals surface area (Å²) in [6, 6.07) is 0.